The largest absolute Gasteiger partial charge is 0.466 e. The van der Waals surface area contributed by atoms with Gasteiger partial charge in [0.15, 0.2) is 5.78 Å². The van der Waals surface area contributed by atoms with Gasteiger partial charge in [0.2, 0.25) is 6.41 Å². The summed E-state index contributed by atoms with van der Waals surface area (Å²) in [6.45, 7) is 5.62. The number of nitrogens with zero attached hydrogens (tertiary/aromatic N) is 2. The summed E-state index contributed by atoms with van der Waals surface area (Å²) in [4.78, 5) is 40.8. The van der Waals surface area contributed by atoms with Crippen molar-refractivity contribution in [2.24, 2.45) is 13.0 Å². The van der Waals surface area contributed by atoms with Gasteiger partial charge in [0.1, 0.15) is 11.9 Å². The Balaban J connectivity index is 1.22. The zero-order chi connectivity index (χ0) is 32.8. The number of hydrogen-bond acceptors (Lipinski definition) is 7. The highest BCUT2D eigenvalue weighted by Crippen LogP contribution is 2.31. The van der Waals surface area contributed by atoms with Crippen molar-refractivity contribution in [1.82, 2.24) is 9.47 Å². The number of Topliss-reactive ketones (excluding diaryl/α,β-unsaturated/α-hetero) is 1. The van der Waals surface area contributed by atoms with E-state index >= 15 is 4.39 Å². The number of aryl methyl sites for hydroxylation is 1. The van der Waals surface area contributed by atoms with Crippen molar-refractivity contribution in [2.75, 3.05) is 25.0 Å². The second kappa shape index (κ2) is 15.5. The molecule has 9 nitrogen and oxygen atoms in total. The number of nitrogens with one attached hydrogen (secondary N) is 1. The summed E-state index contributed by atoms with van der Waals surface area (Å²) in [6, 6.07) is 10.0. The smallest absolute Gasteiger partial charge is 0.308 e. The molecule has 248 valence electrons. The zero-order valence-corrected chi connectivity index (χ0v) is 27.5. The summed E-state index contributed by atoms with van der Waals surface area (Å²) in [5, 5.41) is 3.62. The standard InChI is InChI=1S/C35H43ClFN3O6/c1-4-32(46-35(40-16-8-9-17-40)45-24-14-12-22(13-15-24)34(43)44-5-2)31(41)19-23-18-27(36)29(20-28(23)37)38-33(42)26-21-39(3)30-11-7-6-10-25(26)30/h6-7,10-11,18,20-22,24,32,35H,4-5,8-9,12-17,19H2,1-3H3,(H,38,42). The molecule has 2 unspecified atom stereocenters. The van der Waals surface area contributed by atoms with Gasteiger partial charge >= 0.3 is 5.97 Å². The number of benzene rings is 2. The van der Waals surface area contributed by atoms with Gasteiger partial charge in [-0.2, -0.15) is 0 Å². The molecule has 2 heterocycles. The maximum absolute atomic E-state index is 15.3. The monoisotopic (exact) mass is 655 g/mol. The molecular weight excluding hydrogens is 613 g/mol. The number of esters is 1. The molecule has 1 aromatic heterocycles. The molecule has 0 spiro atoms. The van der Waals surface area contributed by atoms with Gasteiger partial charge in [-0.15, -0.1) is 0 Å². The van der Waals surface area contributed by atoms with Crippen LogP contribution in [-0.2, 0) is 37.3 Å². The molecule has 11 heteroatoms. The Morgan fingerprint density at radius 3 is 2.48 bits per heavy atom. The van der Waals surface area contributed by atoms with E-state index in [1.807, 2.05) is 49.7 Å². The summed E-state index contributed by atoms with van der Waals surface area (Å²) >= 11 is 6.49. The van der Waals surface area contributed by atoms with E-state index in [9.17, 15) is 14.4 Å². The van der Waals surface area contributed by atoms with E-state index in [1.165, 1.54) is 6.07 Å². The fraction of sp³-hybridized carbons (Fsp3) is 0.514. The Morgan fingerprint density at radius 1 is 1.07 bits per heavy atom. The van der Waals surface area contributed by atoms with Crippen LogP contribution in [0.25, 0.3) is 10.9 Å². The number of aromatic nitrogens is 1. The van der Waals surface area contributed by atoms with Gasteiger partial charge in [-0.3, -0.25) is 19.3 Å². The van der Waals surface area contributed by atoms with E-state index in [0.29, 0.717) is 44.3 Å². The van der Waals surface area contributed by atoms with Gasteiger partial charge in [-0.25, -0.2) is 4.39 Å². The van der Waals surface area contributed by atoms with E-state index in [-0.39, 0.29) is 46.5 Å². The first-order chi connectivity index (χ1) is 22.2. The number of hydrogen-bond donors (Lipinski definition) is 1. The summed E-state index contributed by atoms with van der Waals surface area (Å²) < 4.78 is 35.1. The third kappa shape index (κ3) is 7.97. The fourth-order valence-electron chi connectivity index (χ4n) is 6.39. The van der Waals surface area contributed by atoms with Crippen LogP contribution in [-0.4, -0.2) is 65.4 Å². The SMILES string of the molecule is CCOC(=O)C1CCC(OC(OC(CC)C(=O)Cc2cc(Cl)c(NC(=O)c3cn(C)c4ccccc34)cc2F)N2CCCC2)CC1. The molecule has 1 amide bonds. The van der Waals surface area contributed by atoms with Crippen LogP contribution in [0.15, 0.2) is 42.6 Å². The molecule has 2 atom stereocenters. The summed E-state index contributed by atoms with van der Waals surface area (Å²) in [5.74, 6) is -1.62. The highest BCUT2D eigenvalue weighted by molar-refractivity contribution is 6.34. The molecule has 1 saturated heterocycles. The first-order valence-corrected chi connectivity index (χ1v) is 16.6. The summed E-state index contributed by atoms with van der Waals surface area (Å²) in [5.41, 5.74) is 1.58. The number of rotatable bonds is 13. The fourth-order valence-corrected chi connectivity index (χ4v) is 6.62. The molecular formula is C35H43ClFN3O6. The number of anilines is 1. The Morgan fingerprint density at radius 2 is 1.78 bits per heavy atom. The van der Waals surface area contributed by atoms with Gasteiger partial charge < -0.3 is 24.1 Å². The number of fused-ring (bicyclic) bond motifs is 1. The van der Waals surface area contributed by atoms with Gasteiger partial charge in [-0.05, 0) is 75.6 Å². The molecule has 0 bridgehead atoms. The van der Waals surface area contributed by atoms with E-state index in [1.54, 1.807) is 6.20 Å². The number of carbonyl (C=O) groups is 3. The molecule has 1 aliphatic heterocycles. The van der Waals surface area contributed by atoms with Crippen molar-refractivity contribution in [1.29, 1.82) is 0 Å². The molecule has 46 heavy (non-hydrogen) atoms. The first kappa shape index (κ1) is 34.0. The van der Waals surface area contributed by atoms with E-state index < -0.39 is 24.2 Å². The minimum Gasteiger partial charge on any atom is -0.466 e. The summed E-state index contributed by atoms with van der Waals surface area (Å²) in [7, 11) is 1.85. The zero-order valence-electron chi connectivity index (χ0n) is 26.7. The lowest BCUT2D eigenvalue weighted by molar-refractivity contribution is -0.260. The van der Waals surface area contributed by atoms with Crippen LogP contribution in [0.2, 0.25) is 5.02 Å². The first-order valence-electron chi connectivity index (χ1n) is 16.3. The maximum atomic E-state index is 15.3. The summed E-state index contributed by atoms with van der Waals surface area (Å²) in [6.07, 6.45) is 5.06. The normalized spacial score (nSPS) is 20.0. The van der Waals surface area contributed by atoms with Crippen LogP contribution in [0.3, 0.4) is 0 Å². The Bertz CT molecular complexity index is 1550. The molecule has 2 fully saturated rings. The minimum atomic E-state index is -0.814. The number of ketones is 1. The molecule has 2 aliphatic rings. The van der Waals surface area contributed by atoms with Crippen molar-refractivity contribution in [2.45, 2.75) is 83.8 Å². The number of carbonyl (C=O) groups excluding carboxylic acids is 3. The average Bonchev–Trinajstić information content (AvgIpc) is 3.71. The maximum Gasteiger partial charge on any atom is 0.308 e. The Kier molecular flexibility index (Phi) is 11.5. The van der Waals surface area contributed by atoms with Crippen molar-refractivity contribution in [3.05, 3.63) is 64.6 Å². The molecule has 1 N–H and O–H groups in total. The van der Waals surface area contributed by atoms with E-state index in [4.69, 9.17) is 25.8 Å². The number of likely N-dealkylation sites (tertiary alicyclic amines) is 1. The Hall–Kier alpha value is -3.31. The second-order valence-corrected chi connectivity index (χ2v) is 12.5. The van der Waals surface area contributed by atoms with Crippen molar-refractivity contribution in [3.63, 3.8) is 0 Å². The highest BCUT2D eigenvalue weighted by Gasteiger charge is 2.34. The van der Waals surface area contributed by atoms with E-state index in [0.717, 1.165) is 42.9 Å². The molecule has 1 aliphatic carbocycles. The predicted molar refractivity (Wildman–Crippen MR) is 174 cm³/mol. The Labute approximate surface area is 274 Å². The van der Waals surface area contributed by atoms with Crippen molar-refractivity contribution in [3.8, 4) is 0 Å². The number of halogens is 2. The van der Waals surface area contributed by atoms with Crippen LogP contribution < -0.4 is 5.32 Å². The molecule has 1 saturated carbocycles. The van der Waals surface area contributed by atoms with Gasteiger partial charge in [-0.1, -0.05) is 36.7 Å². The van der Waals surface area contributed by atoms with Crippen LogP contribution in [0, 0.1) is 11.7 Å². The van der Waals surface area contributed by atoms with Crippen LogP contribution in [0.1, 0.15) is 74.7 Å². The predicted octanol–water partition coefficient (Wildman–Crippen LogP) is 6.65. The molecule has 3 aromatic rings. The second-order valence-electron chi connectivity index (χ2n) is 12.1. The van der Waals surface area contributed by atoms with E-state index in [2.05, 4.69) is 10.2 Å². The van der Waals surface area contributed by atoms with Crippen molar-refractivity contribution < 1.29 is 33.0 Å². The topological polar surface area (TPSA) is 99.1 Å². The lowest BCUT2D eigenvalue weighted by atomic mass is 9.87. The minimum absolute atomic E-state index is 0.100. The lowest BCUT2D eigenvalue weighted by Gasteiger charge is -2.35. The van der Waals surface area contributed by atoms with Crippen LogP contribution in [0.4, 0.5) is 10.1 Å². The molecule has 0 radical (unpaired) electrons. The third-order valence-electron chi connectivity index (χ3n) is 8.94. The molecule has 5 rings (SSSR count). The van der Waals surface area contributed by atoms with Crippen LogP contribution in [0.5, 0.6) is 0 Å². The number of amides is 1. The average molecular weight is 656 g/mol. The van der Waals surface area contributed by atoms with Gasteiger partial charge in [0.05, 0.1) is 34.9 Å². The van der Waals surface area contributed by atoms with Crippen molar-refractivity contribution >= 4 is 45.9 Å². The lowest BCUT2D eigenvalue weighted by Crippen LogP contribution is -2.45. The molecule has 2 aromatic carbocycles. The highest BCUT2D eigenvalue weighted by atomic mass is 35.5. The van der Waals surface area contributed by atoms with Gasteiger partial charge in [0.25, 0.3) is 5.91 Å². The quantitative estimate of drug-likeness (QED) is 0.163. The number of ether oxygens (including phenoxy) is 3. The number of para-hydroxylation sites is 1. The van der Waals surface area contributed by atoms with Gasteiger partial charge in [0, 0.05) is 43.7 Å². The third-order valence-corrected chi connectivity index (χ3v) is 9.26. The van der Waals surface area contributed by atoms with Crippen LogP contribution >= 0.6 is 11.6 Å².